The van der Waals surface area contributed by atoms with Crippen molar-refractivity contribution < 1.29 is 14.3 Å². The number of nitrogens with two attached hydrogens (primary N) is 1. The Morgan fingerprint density at radius 1 is 1.20 bits per heavy atom. The number of carboxylic acids is 1. The molecule has 0 spiro atoms. The number of nitrogens with one attached hydrogen (secondary N) is 1. The number of carboxylic acid groups (broad SMARTS) is 1. The highest BCUT2D eigenvalue weighted by atomic mass is 19.1. The fraction of sp³-hybridized carbons (Fsp3) is 0.133. The van der Waals surface area contributed by atoms with Crippen molar-refractivity contribution >= 4 is 17.3 Å². The van der Waals surface area contributed by atoms with Gasteiger partial charge in [0.05, 0.1) is 5.69 Å². The molecule has 4 N–H and O–H groups in total. The highest BCUT2D eigenvalue weighted by molar-refractivity contribution is 5.81. The number of rotatable bonds is 4. The summed E-state index contributed by atoms with van der Waals surface area (Å²) in [5.74, 6) is -1.56. The van der Waals surface area contributed by atoms with E-state index in [4.69, 9.17) is 10.8 Å². The van der Waals surface area contributed by atoms with Gasteiger partial charge in [-0.05, 0) is 19.1 Å². The molecule has 104 valence electrons. The van der Waals surface area contributed by atoms with Gasteiger partial charge in [0.25, 0.3) is 0 Å². The van der Waals surface area contributed by atoms with Gasteiger partial charge in [-0.15, -0.1) is 0 Å². The van der Waals surface area contributed by atoms with Crippen LogP contribution in [-0.4, -0.2) is 17.1 Å². The molecular formula is C15H15FN2O2. The Hall–Kier alpha value is -2.56. The van der Waals surface area contributed by atoms with Gasteiger partial charge in [0.2, 0.25) is 0 Å². The van der Waals surface area contributed by atoms with Crippen molar-refractivity contribution in [2.45, 2.75) is 13.0 Å². The molecule has 2 aromatic carbocycles. The van der Waals surface area contributed by atoms with Crippen molar-refractivity contribution in [2.75, 3.05) is 11.1 Å². The van der Waals surface area contributed by atoms with Crippen molar-refractivity contribution in [2.24, 2.45) is 0 Å². The van der Waals surface area contributed by atoms with Gasteiger partial charge in [0.15, 0.2) is 5.82 Å². The summed E-state index contributed by atoms with van der Waals surface area (Å²) in [6.45, 7) is 1.45. The Bertz CT molecular complexity index is 644. The van der Waals surface area contributed by atoms with Crippen molar-refractivity contribution in [3.63, 3.8) is 0 Å². The van der Waals surface area contributed by atoms with Gasteiger partial charge in [-0.1, -0.05) is 30.3 Å². The van der Waals surface area contributed by atoms with E-state index >= 15 is 0 Å². The third-order valence-electron chi connectivity index (χ3n) is 2.99. The van der Waals surface area contributed by atoms with Crippen molar-refractivity contribution in [3.05, 3.63) is 48.3 Å². The summed E-state index contributed by atoms with van der Waals surface area (Å²) in [7, 11) is 0. The molecule has 0 radical (unpaired) electrons. The number of nitrogen functional groups attached to an aromatic ring is 1. The van der Waals surface area contributed by atoms with E-state index in [1.807, 2.05) is 0 Å². The lowest BCUT2D eigenvalue weighted by Gasteiger charge is -2.14. The Morgan fingerprint density at radius 2 is 1.85 bits per heavy atom. The molecule has 2 rings (SSSR count). The van der Waals surface area contributed by atoms with Gasteiger partial charge in [-0.3, -0.25) is 4.79 Å². The molecule has 0 saturated carbocycles. The normalized spacial score (nSPS) is 11.9. The van der Waals surface area contributed by atoms with Crippen LogP contribution in [0.25, 0.3) is 11.1 Å². The summed E-state index contributed by atoms with van der Waals surface area (Å²) in [5, 5.41) is 11.5. The minimum atomic E-state index is -1.05. The minimum Gasteiger partial charge on any atom is -0.480 e. The molecule has 1 unspecified atom stereocenters. The maximum absolute atomic E-state index is 14.5. The summed E-state index contributed by atoms with van der Waals surface area (Å²) in [6.07, 6.45) is 0. The largest absolute Gasteiger partial charge is 0.480 e. The predicted octanol–water partition coefficient (Wildman–Crippen LogP) is 2.96. The molecule has 0 bridgehead atoms. The monoisotopic (exact) mass is 274 g/mol. The Morgan fingerprint density at radius 3 is 2.50 bits per heavy atom. The van der Waals surface area contributed by atoms with Crippen LogP contribution in [0.5, 0.6) is 0 Å². The zero-order valence-electron chi connectivity index (χ0n) is 10.9. The first-order valence-corrected chi connectivity index (χ1v) is 6.13. The van der Waals surface area contributed by atoms with Crippen LogP contribution in [0.15, 0.2) is 42.5 Å². The lowest BCUT2D eigenvalue weighted by atomic mass is 10.0. The quantitative estimate of drug-likeness (QED) is 0.749. The number of hydrogen-bond acceptors (Lipinski definition) is 3. The van der Waals surface area contributed by atoms with Gasteiger partial charge in [0.1, 0.15) is 6.04 Å². The second kappa shape index (κ2) is 5.61. The molecule has 0 saturated heterocycles. The van der Waals surface area contributed by atoms with Gasteiger partial charge < -0.3 is 16.2 Å². The summed E-state index contributed by atoms with van der Waals surface area (Å²) in [6, 6.07) is 10.8. The lowest BCUT2D eigenvalue weighted by molar-refractivity contribution is -0.137. The van der Waals surface area contributed by atoms with Crippen LogP contribution in [0.1, 0.15) is 6.92 Å². The molecule has 4 nitrogen and oxygen atoms in total. The van der Waals surface area contributed by atoms with E-state index < -0.39 is 17.8 Å². The fourth-order valence-electron chi connectivity index (χ4n) is 1.89. The van der Waals surface area contributed by atoms with Gasteiger partial charge in [0, 0.05) is 16.8 Å². The second-order valence-corrected chi connectivity index (χ2v) is 4.46. The number of para-hydroxylation sites is 1. The Labute approximate surface area is 116 Å². The van der Waals surface area contributed by atoms with Crippen LogP contribution in [0.3, 0.4) is 0 Å². The molecule has 0 aliphatic carbocycles. The second-order valence-electron chi connectivity index (χ2n) is 4.46. The molecular weight excluding hydrogens is 259 g/mol. The smallest absolute Gasteiger partial charge is 0.325 e. The van der Waals surface area contributed by atoms with E-state index in [0.29, 0.717) is 16.8 Å². The van der Waals surface area contributed by atoms with Crippen LogP contribution < -0.4 is 11.1 Å². The average molecular weight is 274 g/mol. The zero-order chi connectivity index (χ0) is 14.7. The van der Waals surface area contributed by atoms with Crippen molar-refractivity contribution in [3.8, 4) is 11.1 Å². The zero-order valence-corrected chi connectivity index (χ0v) is 10.9. The molecule has 0 heterocycles. The Kier molecular flexibility index (Phi) is 3.89. The molecule has 5 heteroatoms. The molecule has 0 aromatic heterocycles. The van der Waals surface area contributed by atoms with E-state index in [0.717, 1.165) is 0 Å². The van der Waals surface area contributed by atoms with Crippen LogP contribution in [0.4, 0.5) is 15.8 Å². The molecule has 0 aliphatic heterocycles. The first kappa shape index (κ1) is 13.9. The standard InChI is InChI=1S/C15H15FN2O2/c1-9(15(19)20)18-13-8-4-6-11(14(13)16)10-5-2-3-7-12(10)17/h2-9,18H,17H2,1H3,(H,19,20). The summed E-state index contributed by atoms with van der Waals surface area (Å²) < 4.78 is 14.5. The number of carbonyl (C=O) groups is 1. The molecule has 0 aliphatic rings. The van der Waals surface area contributed by atoms with E-state index in [1.165, 1.54) is 13.0 Å². The molecule has 1 atom stereocenters. The predicted molar refractivity (Wildman–Crippen MR) is 77.0 cm³/mol. The average Bonchev–Trinajstić information content (AvgIpc) is 2.42. The maximum atomic E-state index is 14.5. The third kappa shape index (κ3) is 2.71. The number of anilines is 2. The topological polar surface area (TPSA) is 75.3 Å². The maximum Gasteiger partial charge on any atom is 0.325 e. The molecule has 20 heavy (non-hydrogen) atoms. The molecule has 2 aromatic rings. The first-order valence-electron chi connectivity index (χ1n) is 6.13. The van der Waals surface area contributed by atoms with Gasteiger partial charge in [-0.2, -0.15) is 0 Å². The molecule has 0 fully saturated rings. The number of benzene rings is 2. The highest BCUT2D eigenvalue weighted by Crippen LogP contribution is 2.31. The third-order valence-corrected chi connectivity index (χ3v) is 2.99. The summed E-state index contributed by atoms with van der Waals surface area (Å²) in [5.41, 5.74) is 7.37. The number of aliphatic carboxylic acids is 1. The van der Waals surface area contributed by atoms with Crippen molar-refractivity contribution in [1.82, 2.24) is 0 Å². The van der Waals surface area contributed by atoms with Crippen LogP contribution >= 0.6 is 0 Å². The van der Waals surface area contributed by atoms with Gasteiger partial charge in [-0.25, -0.2) is 4.39 Å². The summed E-state index contributed by atoms with van der Waals surface area (Å²) >= 11 is 0. The first-order chi connectivity index (χ1) is 9.50. The van der Waals surface area contributed by atoms with E-state index in [1.54, 1.807) is 36.4 Å². The number of halogens is 1. The van der Waals surface area contributed by atoms with E-state index in [2.05, 4.69) is 5.32 Å². The van der Waals surface area contributed by atoms with Crippen molar-refractivity contribution in [1.29, 1.82) is 0 Å². The Balaban J connectivity index is 2.43. The molecule has 0 amide bonds. The van der Waals surface area contributed by atoms with Crippen LogP contribution in [-0.2, 0) is 4.79 Å². The minimum absolute atomic E-state index is 0.139. The van der Waals surface area contributed by atoms with E-state index in [-0.39, 0.29) is 5.69 Å². The highest BCUT2D eigenvalue weighted by Gasteiger charge is 2.16. The lowest BCUT2D eigenvalue weighted by Crippen LogP contribution is -2.25. The van der Waals surface area contributed by atoms with Crippen LogP contribution in [0, 0.1) is 5.82 Å². The summed E-state index contributed by atoms with van der Waals surface area (Å²) in [4.78, 5) is 10.8. The SMILES string of the molecule is CC(Nc1cccc(-c2ccccc2N)c1F)C(=O)O. The van der Waals surface area contributed by atoms with Gasteiger partial charge >= 0.3 is 5.97 Å². The van der Waals surface area contributed by atoms with E-state index in [9.17, 15) is 9.18 Å². The number of hydrogen-bond donors (Lipinski definition) is 3. The fourth-order valence-corrected chi connectivity index (χ4v) is 1.89. The van der Waals surface area contributed by atoms with Crippen LogP contribution in [0.2, 0.25) is 0 Å².